The van der Waals surface area contributed by atoms with Gasteiger partial charge in [0, 0.05) is 17.2 Å². The van der Waals surface area contributed by atoms with Gasteiger partial charge < -0.3 is 11.1 Å². The Bertz CT molecular complexity index is 732. The zero-order valence-corrected chi connectivity index (χ0v) is 12.7. The first-order valence-electron chi connectivity index (χ1n) is 6.41. The summed E-state index contributed by atoms with van der Waals surface area (Å²) in [6, 6.07) is 11.8. The maximum atomic E-state index is 12.1. The highest BCUT2D eigenvalue weighted by Crippen LogP contribution is 2.23. The summed E-state index contributed by atoms with van der Waals surface area (Å²) < 4.78 is 0. The van der Waals surface area contributed by atoms with Crippen molar-refractivity contribution in [2.75, 3.05) is 11.9 Å². The van der Waals surface area contributed by atoms with E-state index >= 15 is 0 Å². The minimum Gasteiger partial charge on any atom is -0.324 e. The third-order valence-corrected chi connectivity index (χ3v) is 3.00. The van der Waals surface area contributed by atoms with Gasteiger partial charge in [0.1, 0.15) is 5.69 Å². The first-order chi connectivity index (χ1) is 10.5. The summed E-state index contributed by atoms with van der Waals surface area (Å²) in [6.07, 6.45) is 0. The first kappa shape index (κ1) is 18.3. The fraction of sp³-hybridized carbons (Fsp3) is 0.0667. The van der Waals surface area contributed by atoms with E-state index in [-0.39, 0.29) is 41.7 Å². The van der Waals surface area contributed by atoms with Gasteiger partial charge in [-0.3, -0.25) is 19.7 Å². The largest absolute Gasteiger partial charge is 0.324 e. The molecule has 0 aliphatic rings. The van der Waals surface area contributed by atoms with Crippen molar-refractivity contribution in [3.8, 4) is 0 Å². The van der Waals surface area contributed by atoms with Crippen molar-refractivity contribution >= 4 is 35.5 Å². The molecule has 1 amide bonds. The zero-order valence-electron chi connectivity index (χ0n) is 11.9. The molecule has 0 atom stereocenters. The summed E-state index contributed by atoms with van der Waals surface area (Å²) >= 11 is 0. The summed E-state index contributed by atoms with van der Waals surface area (Å²) in [6.45, 7) is -0.109. The van der Waals surface area contributed by atoms with Crippen LogP contribution in [0, 0.1) is 10.1 Å². The van der Waals surface area contributed by atoms with Crippen molar-refractivity contribution in [2.24, 2.45) is 5.73 Å². The maximum Gasteiger partial charge on any atom is 0.292 e. The highest BCUT2D eigenvalue weighted by molar-refractivity contribution is 6.06. The molecule has 2 aromatic rings. The van der Waals surface area contributed by atoms with Crippen LogP contribution in [0.5, 0.6) is 0 Å². The number of nitrogens with zero attached hydrogens (tertiary/aromatic N) is 1. The number of hydrogen-bond acceptors (Lipinski definition) is 5. The number of nitrogens with one attached hydrogen (secondary N) is 1. The predicted molar refractivity (Wildman–Crippen MR) is 88.1 cm³/mol. The van der Waals surface area contributed by atoms with Gasteiger partial charge in [0.2, 0.25) is 0 Å². The second kappa shape index (κ2) is 8.02. The lowest BCUT2D eigenvalue weighted by molar-refractivity contribution is -0.383. The fourth-order valence-corrected chi connectivity index (χ4v) is 1.86. The number of carbonyl (C=O) groups excluding carboxylic acids is 2. The van der Waals surface area contributed by atoms with Crippen molar-refractivity contribution in [2.45, 2.75) is 0 Å². The molecule has 23 heavy (non-hydrogen) atoms. The SMILES string of the molecule is Cl.NCC(=O)c1ccc(C(=O)Nc2ccccc2[N+](=O)[O-])cc1. The lowest BCUT2D eigenvalue weighted by atomic mass is 10.1. The number of amides is 1. The van der Waals surface area contributed by atoms with Gasteiger partial charge in [0.25, 0.3) is 11.6 Å². The van der Waals surface area contributed by atoms with Gasteiger partial charge in [-0.15, -0.1) is 12.4 Å². The molecule has 0 bridgehead atoms. The van der Waals surface area contributed by atoms with E-state index in [0.717, 1.165) is 0 Å². The van der Waals surface area contributed by atoms with Crippen molar-refractivity contribution in [3.63, 3.8) is 0 Å². The van der Waals surface area contributed by atoms with Crippen LogP contribution in [0.25, 0.3) is 0 Å². The van der Waals surface area contributed by atoms with E-state index in [1.165, 1.54) is 42.5 Å². The van der Waals surface area contributed by atoms with E-state index in [1.54, 1.807) is 6.07 Å². The first-order valence-corrected chi connectivity index (χ1v) is 6.41. The van der Waals surface area contributed by atoms with Gasteiger partial charge in [-0.25, -0.2) is 0 Å². The Balaban J connectivity index is 0.00000264. The van der Waals surface area contributed by atoms with Crippen LogP contribution in [0.15, 0.2) is 48.5 Å². The van der Waals surface area contributed by atoms with Crippen LogP contribution in [0.4, 0.5) is 11.4 Å². The molecule has 0 saturated carbocycles. The second-order valence-electron chi connectivity index (χ2n) is 4.43. The minimum absolute atomic E-state index is 0. The summed E-state index contributed by atoms with van der Waals surface area (Å²) in [5, 5.41) is 13.4. The van der Waals surface area contributed by atoms with Crippen LogP contribution in [0.3, 0.4) is 0 Å². The fourth-order valence-electron chi connectivity index (χ4n) is 1.86. The lowest BCUT2D eigenvalue weighted by Crippen LogP contribution is -2.15. The van der Waals surface area contributed by atoms with E-state index in [4.69, 9.17) is 5.73 Å². The summed E-state index contributed by atoms with van der Waals surface area (Å²) in [5.74, 6) is -0.730. The molecule has 0 aliphatic carbocycles. The Kier molecular flexibility index (Phi) is 6.37. The average Bonchev–Trinajstić information content (AvgIpc) is 2.54. The molecule has 2 aromatic carbocycles. The number of hydrogen-bond donors (Lipinski definition) is 2. The molecule has 0 unspecified atom stereocenters. The Hall–Kier alpha value is -2.77. The number of ketones is 1. The van der Waals surface area contributed by atoms with Gasteiger partial charge in [0.15, 0.2) is 5.78 Å². The third kappa shape index (κ3) is 4.35. The second-order valence-corrected chi connectivity index (χ2v) is 4.43. The molecule has 0 heterocycles. The zero-order chi connectivity index (χ0) is 16.1. The highest BCUT2D eigenvalue weighted by Gasteiger charge is 2.15. The van der Waals surface area contributed by atoms with E-state index in [9.17, 15) is 19.7 Å². The lowest BCUT2D eigenvalue weighted by Gasteiger charge is -2.06. The van der Waals surface area contributed by atoms with Gasteiger partial charge >= 0.3 is 0 Å². The molecule has 8 heteroatoms. The number of halogens is 1. The minimum atomic E-state index is -0.571. The van der Waals surface area contributed by atoms with Gasteiger partial charge in [-0.05, 0) is 18.2 Å². The quantitative estimate of drug-likeness (QED) is 0.494. The number of para-hydroxylation sites is 2. The number of nitrogens with two attached hydrogens (primary N) is 1. The molecule has 0 fully saturated rings. The Morgan fingerprint density at radius 3 is 2.17 bits per heavy atom. The average molecular weight is 336 g/mol. The molecule has 0 aliphatic heterocycles. The normalized spacial score (nSPS) is 9.61. The third-order valence-electron chi connectivity index (χ3n) is 3.00. The molecule has 0 spiro atoms. The Morgan fingerprint density at radius 2 is 1.61 bits per heavy atom. The number of benzene rings is 2. The number of carbonyl (C=O) groups is 2. The van der Waals surface area contributed by atoms with Gasteiger partial charge in [-0.2, -0.15) is 0 Å². The van der Waals surface area contributed by atoms with Crippen molar-refractivity contribution in [1.82, 2.24) is 0 Å². The number of Topliss-reactive ketones (excluding diaryl/α,β-unsaturated/α-hetero) is 1. The molecular weight excluding hydrogens is 322 g/mol. The van der Waals surface area contributed by atoms with Crippen molar-refractivity contribution < 1.29 is 14.5 Å². The molecule has 0 radical (unpaired) electrons. The molecule has 120 valence electrons. The van der Waals surface area contributed by atoms with E-state index in [2.05, 4.69) is 5.32 Å². The van der Waals surface area contributed by atoms with Crippen LogP contribution >= 0.6 is 12.4 Å². The molecular formula is C15H14ClN3O4. The summed E-state index contributed by atoms with van der Waals surface area (Å²) in [4.78, 5) is 33.8. The van der Waals surface area contributed by atoms with Crippen LogP contribution in [-0.2, 0) is 0 Å². The number of anilines is 1. The van der Waals surface area contributed by atoms with E-state index < -0.39 is 10.8 Å². The van der Waals surface area contributed by atoms with Crippen LogP contribution in [0.1, 0.15) is 20.7 Å². The predicted octanol–water partition coefficient (Wildman–Crippen LogP) is 2.41. The molecule has 2 rings (SSSR count). The monoisotopic (exact) mass is 335 g/mol. The van der Waals surface area contributed by atoms with E-state index in [0.29, 0.717) is 5.56 Å². The highest BCUT2D eigenvalue weighted by atomic mass is 35.5. The Morgan fingerprint density at radius 1 is 1.04 bits per heavy atom. The van der Waals surface area contributed by atoms with Crippen LogP contribution in [0.2, 0.25) is 0 Å². The number of nitro groups is 1. The van der Waals surface area contributed by atoms with Crippen molar-refractivity contribution in [1.29, 1.82) is 0 Å². The van der Waals surface area contributed by atoms with E-state index in [1.807, 2.05) is 0 Å². The summed E-state index contributed by atoms with van der Waals surface area (Å²) in [5.41, 5.74) is 5.87. The van der Waals surface area contributed by atoms with Crippen LogP contribution < -0.4 is 11.1 Å². The smallest absolute Gasteiger partial charge is 0.292 e. The van der Waals surface area contributed by atoms with Crippen molar-refractivity contribution in [3.05, 3.63) is 69.8 Å². The standard InChI is InChI=1S/C15H13N3O4.ClH/c16-9-14(19)10-5-7-11(8-6-10)15(20)17-12-3-1-2-4-13(12)18(21)22;/h1-8H,9,16H2,(H,17,20);1H. The van der Waals surface area contributed by atoms with Gasteiger partial charge in [0.05, 0.1) is 11.5 Å². The molecule has 0 saturated heterocycles. The topological polar surface area (TPSA) is 115 Å². The molecule has 7 nitrogen and oxygen atoms in total. The maximum absolute atomic E-state index is 12.1. The number of rotatable bonds is 5. The van der Waals surface area contributed by atoms with Crippen LogP contribution in [-0.4, -0.2) is 23.2 Å². The summed E-state index contributed by atoms with van der Waals surface area (Å²) in [7, 11) is 0. The van der Waals surface area contributed by atoms with Gasteiger partial charge in [-0.1, -0.05) is 24.3 Å². The molecule has 0 aromatic heterocycles. The number of nitro benzene ring substituents is 1. The Labute approximate surface area is 138 Å². The molecule has 3 N–H and O–H groups in total.